The molecule has 2 aromatic carbocycles. The van der Waals surface area contributed by atoms with Gasteiger partial charge in [0, 0.05) is 12.6 Å². The lowest BCUT2D eigenvalue weighted by Gasteiger charge is -2.44. The lowest BCUT2D eigenvalue weighted by Crippen LogP contribution is -2.67. The first-order valence-electron chi connectivity index (χ1n) is 11.9. The summed E-state index contributed by atoms with van der Waals surface area (Å²) in [5.74, 6) is 0. The molecule has 2 atom stereocenters. The maximum atomic E-state index is 13.0. The number of carbonyl (C=O) groups excluding carboxylic acids is 1. The fraction of sp³-hybridized carbons (Fsp3) is 0.519. The van der Waals surface area contributed by atoms with Crippen molar-refractivity contribution in [3.63, 3.8) is 0 Å². The summed E-state index contributed by atoms with van der Waals surface area (Å²) in [5, 5.41) is 5.73. The minimum absolute atomic E-state index is 0.0426. The molecule has 0 radical (unpaired) electrons. The van der Waals surface area contributed by atoms with Gasteiger partial charge in [-0.3, -0.25) is 0 Å². The molecule has 1 N–H and O–H groups in total. The first-order valence-corrected chi connectivity index (χ1v) is 13.8. The van der Waals surface area contributed by atoms with Gasteiger partial charge in [0.15, 0.2) is 0 Å². The van der Waals surface area contributed by atoms with E-state index in [-0.39, 0.29) is 23.2 Å². The highest BCUT2D eigenvalue weighted by molar-refractivity contribution is 6.99. The Balaban J connectivity index is 1.97. The monoisotopic (exact) mass is 468 g/mol. The molecule has 0 aliphatic carbocycles. The second-order valence-corrected chi connectivity index (χ2v) is 15.3. The van der Waals surface area contributed by atoms with E-state index in [4.69, 9.17) is 9.16 Å². The number of rotatable bonds is 6. The number of hydrogen-bond donors (Lipinski definition) is 1. The van der Waals surface area contributed by atoms with Crippen LogP contribution < -0.4 is 15.7 Å². The van der Waals surface area contributed by atoms with Crippen LogP contribution in [0.25, 0.3) is 0 Å². The number of carbonyl (C=O) groups is 1. The third-order valence-corrected chi connectivity index (χ3v) is 11.4. The molecule has 0 spiro atoms. The summed E-state index contributed by atoms with van der Waals surface area (Å²) in [6.45, 7) is 13.6. The van der Waals surface area contributed by atoms with Crippen molar-refractivity contribution in [2.24, 2.45) is 0 Å². The number of hydrogen-bond acceptors (Lipinski definition) is 4. The Kier molecular flexibility index (Phi) is 7.71. The fourth-order valence-electron chi connectivity index (χ4n) is 4.81. The second kappa shape index (κ2) is 10.00. The number of nitrogens with zero attached hydrogens (tertiary/aromatic N) is 1. The van der Waals surface area contributed by atoms with Crippen LogP contribution in [0.1, 0.15) is 48.0 Å². The van der Waals surface area contributed by atoms with Gasteiger partial charge in [0.1, 0.15) is 5.60 Å². The molecule has 3 rings (SSSR count). The minimum atomic E-state index is -2.66. The van der Waals surface area contributed by atoms with Crippen molar-refractivity contribution >= 4 is 24.8 Å². The Morgan fingerprint density at radius 3 is 1.91 bits per heavy atom. The molecule has 6 heteroatoms. The zero-order valence-corrected chi connectivity index (χ0v) is 22.2. The predicted octanol–water partition coefficient (Wildman–Crippen LogP) is 4.16. The molecule has 1 fully saturated rings. The fourth-order valence-corrected chi connectivity index (χ4v) is 9.41. The van der Waals surface area contributed by atoms with E-state index >= 15 is 0 Å². The van der Waals surface area contributed by atoms with Crippen molar-refractivity contribution in [2.45, 2.75) is 70.7 Å². The number of benzene rings is 2. The van der Waals surface area contributed by atoms with Crippen LogP contribution in [0.15, 0.2) is 60.7 Å². The molecule has 2 aromatic rings. The topological polar surface area (TPSA) is 50.8 Å². The van der Waals surface area contributed by atoms with Gasteiger partial charge in [0.05, 0.1) is 12.6 Å². The zero-order valence-electron chi connectivity index (χ0n) is 21.2. The van der Waals surface area contributed by atoms with Crippen LogP contribution in [0.3, 0.4) is 0 Å². The molecule has 0 aromatic heterocycles. The number of ether oxygens (including phenoxy) is 1. The average Bonchev–Trinajstić information content (AvgIpc) is 3.17. The van der Waals surface area contributed by atoms with E-state index < -0.39 is 13.9 Å². The Morgan fingerprint density at radius 1 is 0.970 bits per heavy atom. The first kappa shape index (κ1) is 25.5. The number of nitrogens with one attached hydrogen (secondary N) is 1. The molecule has 1 amide bonds. The van der Waals surface area contributed by atoms with Gasteiger partial charge in [-0.1, -0.05) is 81.4 Å². The minimum Gasteiger partial charge on any atom is -0.444 e. The predicted molar refractivity (Wildman–Crippen MR) is 138 cm³/mol. The van der Waals surface area contributed by atoms with Gasteiger partial charge in [-0.05, 0) is 49.7 Å². The number of likely N-dealkylation sites (N-methyl/N-ethyl adjacent to an activating group) is 1. The van der Waals surface area contributed by atoms with Crippen LogP contribution in [0.4, 0.5) is 4.79 Å². The van der Waals surface area contributed by atoms with Crippen molar-refractivity contribution < 1.29 is 14.0 Å². The lowest BCUT2D eigenvalue weighted by atomic mass is 10.2. The number of likely N-dealkylation sites (tertiary alicyclic amines) is 1. The normalized spacial score (nSPS) is 19.5. The van der Waals surface area contributed by atoms with Crippen LogP contribution >= 0.6 is 0 Å². The molecule has 5 nitrogen and oxygen atoms in total. The second-order valence-electron chi connectivity index (χ2n) is 11.0. The van der Waals surface area contributed by atoms with E-state index in [0.717, 1.165) is 6.42 Å². The standard InChI is InChI=1S/C27H40N2O3Si/c1-26(2,3)32-25(30)29-19-21(28-7)18-22(29)20-31-33(27(4,5)6,23-14-10-8-11-15-23)24-16-12-9-13-17-24/h8-17,21-22,28H,18-20H2,1-7H3/t21-,22+/m1/s1. The van der Waals surface area contributed by atoms with Gasteiger partial charge in [0.2, 0.25) is 0 Å². The van der Waals surface area contributed by atoms with Crippen molar-refractivity contribution in [2.75, 3.05) is 20.2 Å². The molecule has 180 valence electrons. The Bertz CT molecular complexity index is 867. The molecule has 1 aliphatic heterocycles. The van der Waals surface area contributed by atoms with Crippen LogP contribution in [0, 0.1) is 0 Å². The third kappa shape index (κ3) is 5.68. The van der Waals surface area contributed by atoms with E-state index in [2.05, 4.69) is 86.8 Å². The third-order valence-electron chi connectivity index (χ3n) is 6.36. The highest BCUT2D eigenvalue weighted by Gasteiger charge is 2.51. The highest BCUT2D eigenvalue weighted by atomic mass is 28.4. The Hall–Kier alpha value is -2.15. The zero-order chi connectivity index (χ0) is 24.3. The van der Waals surface area contributed by atoms with E-state index in [1.165, 1.54) is 10.4 Å². The average molecular weight is 469 g/mol. The SMILES string of the molecule is CN[C@@H]1C[C@@H](CO[Si](c2ccccc2)(c2ccccc2)C(C)(C)C)N(C(=O)OC(C)(C)C)C1. The first-order chi connectivity index (χ1) is 15.5. The smallest absolute Gasteiger partial charge is 0.410 e. The van der Waals surface area contributed by atoms with Crippen molar-refractivity contribution in [1.82, 2.24) is 10.2 Å². The Morgan fingerprint density at radius 2 is 1.48 bits per heavy atom. The van der Waals surface area contributed by atoms with E-state index in [1.54, 1.807) is 0 Å². The lowest BCUT2D eigenvalue weighted by molar-refractivity contribution is 0.0181. The molecule has 1 aliphatic rings. The molecular weight excluding hydrogens is 428 g/mol. The van der Waals surface area contributed by atoms with Gasteiger partial charge in [0.25, 0.3) is 8.32 Å². The maximum Gasteiger partial charge on any atom is 0.410 e. The van der Waals surface area contributed by atoms with E-state index in [1.807, 2.05) is 32.7 Å². The van der Waals surface area contributed by atoms with Crippen LogP contribution in [0.5, 0.6) is 0 Å². The summed E-state index contributed by atoms with van der Waals surface area (Å²) in [5.41, 5.74) is -0.530. The van der Waals surface area contributed by atoms with Gasteiger partial charge in [-0.25, -0.2) is 4.79 Å². The number of amides is 1. The largest absolute Gasteiger partial charge is 0.444 e. The van der Waals surface area contributed by atoms with Gasteiger partial charge >= 0.3 is 6.09 Å². The molecule has 1 heterocycles. The van der Waals surface area contributed by atoms with E-state index in [9.17, 15) is 4.79 Å². The van der Waals surface area contributed by atoms with Crippen molar-refractivity contribution in [1.29, 1.82) is 0 Å². The molecule has 1 saturated heterocycles. The quantitative estimate of drug-likeness (QED) is 0.647. The van der Waals surface area contributed by atoms with Gasteiger partial charge in [-0.15, -0.1) is 0 Å². The van der Waals surface area contributed by atoms with Crippen LogP contribution in [-0.4, -0.2) is 57.2 Å². The van der Waals surface area contributed by atoms with Crippen molar-refractivity contribution in [3.8, 4) is 0 Å². The maximum absolute atomic E-state index is 13.0. The molecular formula is C27H40N2O3Si. The molecule has 0 unspecified atom stereocenters. The summed E-state index contributed by atoms with van der Waals surface area (Å²) in [4.78, 5) is 14.9. The Labute approximate surface area is 200 Å². The summed E-state index contributed by atoms with van der Waals surface area (Å²) in [6.07, 6.45) is 0.574. The molecule has 0 bridgehead atoms. The van der Waals surface area contributed by atoms with Gasteiger partial charge < -0.3 is 19.4 Å². The summed E-state index contributed by atoms with van der Waals surface area (Å²) in [6, 6.07) is 21.4. The van der Waals surface area contributed by atoms with E-state index in [0.29, 0.717) is 13.2 Å². The summed E-state index contributed by atoms with van der Waals surface area (Å²) >= 11 is 0. The highest BCUT2D eigenvalue weighted by Crippen LogP contribution is 2.37. The molecule has 33 heavy (non-hydrogen) atoms. The van der Waals surface area contributed by atoms with Crippen LogP contribution in [-0.2, 0) is 9.16 Å². The molecule has 0 saturated carbocycles. The summed E-state index contributed by atoms with van der Waals surface area (Å²) < 4.78 is 12.8. The van der Waals surface area contributed by atoms with Gasteiger partial charge in [-0.2, -0.15) is 0 Å². The summed E-state index contributed by atoms with van der Waals surface area (Å²) in [7, 11) is -0.712. The van der Waals surface area contributed by atoms with Crippen molar-refractivity contribution in [3.05, 3.63) is 60.7 Å². The van der Waals surface area contributed by atoms with Crippen LogP contribution in [0.2, 0.25) is 5.04 Å².